The number of benzene rings is 2. The lowest BCUT2D eigenvalue weighted by molar-refractivity contribution is -0.384. The SMILES string of the molecule is Cc1cc(C(F)(F)F)cc(N2C(=O)C[C@@H]3CN(Cc4ccc([N+](=O)[O-])cc4)c4c(C)cccc4N(C)C(=O)[C@H]32)n1. The van der Waals surface area contributed by atoms with Gasteiger partial charge in [0.05, 0.1) is 21.9 Å². The Kier molecular flexibility index (Phi) is 6.72. The van der Waals surface area contributed by atoms with Crippen LogP contribution in [0.3, 0.4) is 0 Å². The molecule has 0 N–H and O–H groups in total. The first-order valence-electron chi connectivity index (χ1n) is 12.6. The van der Waals surface area contributed by atoms with Gasteiger partial charge in [-0.1, -0.05) is 24.3 Å². The molecule has 0 radical (unpaired) electrons. The number of aromatic nitrogens is 1. The number of carbonyl (C=O) groups excluding carboxylic acids is 2. The number of likely N-dealkylation sites (N-methyl/N-ethyl adjacent to an activating group) is 1. The molecule has 1 saturated heterocycles. The summed E-state index contributed by atoms with van der Waals surface area (Å²) in [5.74, 6) is -1.67. The van der Waals surface area contributed by atoms with E-state index in [0.717, 1.165) is 33.8 Å². The number of alkyl halides is 3. The molecule has 2 aliphatic heterocycles. The maximum absolute atomic E-state index is 13.9. The minimum absolute atomic E-state index is 0.0423. The number of nitro benzene ring substituents is 1. The van der Waals surface area contributed by atoms with Crippen LogP contribution in [0, 0.1) is 29.9 Å². The summed E-state index contributed by atoms with van der Waals surface area (Å²) in [4.78, 5) is 46.7. The number of non-ortho nitro benzene ring substituents is 1. The summed E-state index contributed by atoms with van der Waals surface area (Å²) in [6.45, 7) is 3.89. The summed E-state index contributed by atoms with van der Waals surface area (Å²) < 4.78 is 40.8. The summed E-state index contributed by atoms with van der Waals surface area (Å²) >= 11 is 0. The molecule has 0 saturated carbocycles. The number of para-hydroxylation sites is 1. The van der Waals surface area contributed by atoms with E-state index in [1.165, 1.54) is 24.0 Å². The number of amides is 2. The van der Waals surface area contributed by atoms with E-state index in [2.05, 4.69) is 4.98 Å². The Balaban J connectivity index is 1.59. The van der Waals surface area contributed by atoms with Gasteiger partial charge >= 0.3 is 6.18 Å². The lowest BCUT2D eigenvalue weighted by Crippen LogP contribution is -2.52. The van der Waals surface area contributed by atoms with Gasteiger partial charge in [-0.25, -0.2) is 4.98 Å². The second-order valence-electron chi connectivity index (χ2n) is 10.2. The highest BCUT2D eigenvalue weighted by Crippen LogP contribution is 2.42. The molecule has 1 aromatic heterocycles. The zero-order valence-electron chi connectivity index (χ0n) is 22.0. The number of rotatable bonds is 4. The number of hydrogen-bond donors (Lipinski definition) is 0. The van der Waals surface area contributed by atoms with Crippen molar-refractivity contribution in [2.24, 2.45) is 5.92 Å². The third-order valence-corrected chi connectivity index (χ3v) is 7.40. The lowest BCUT2D eigenvalue weighted by Gasteiger charge is -2.39. The maximum atomic E-state index is 13.9. The molecule has 2 atom stereocenters. The molecule has 0 bridgehead atoms. The maximum Gasteiger partial charge on any atom is 0.416 e. The van der Waals surface area contributed by atoms with Crippen molar-refractivity contribution in [2.45, 2.75) is 39.0 Å². The van der Waals surface area contributed by atoms with E-state index in [9.17, 15) is 32.9 Å². The van der Waals surface area contributed by atoms with E-state index in [1.807, 2.05) is 17.9 Å². The van der Waals surface area contributed by atoms with E-state index in [-0.39, 0.29) is 30.2 Å². The largest absolute Gasteiger partial charge is 0.416 e. The second-order valence-corrected chi connectivity index (χ2v) is 10.2. The quantitative estimate of drug-likeness (QED) is 0.332. The molecule has 0 spiro atoms. The highest BCUT2D eigenvalue weighted by atomic mass is 19.4. The Morgan fingerprint density at radius 1 is 1.07 bits per heavy atom. The fourth-order valence-electron chi connectivity index (χ4n) is 5.59. The summed E-state index contributed by atoms with van der Waals surface area (Å²) in [7, 11) is 1.58. The lowest BCUT2D eigenvalue weighted by atomic mass is 9.94. The zero-order valence-corrected chi connectivity index (χ0v) is 22.0. The van der Waals surface area contributed by atoms with E-state index in [0.29, 0.717) is 12.2 Å². The Morgan fingerprint density at radius 3 is 2.42 bits per heavy atom. The van der Waals surface area contributed by atoms with Crippen LogP contribution in [-0.2, 0) is 22.3 Å². The van der Waals surface area contributed by atoms with Crippen LogP contribution >= 0.6 is 0 Å². The fraction of sp³-hybridized carbons (Fsp3) is 0.321. The molecule has 1 fully saturated rings. The van der Waals surface area contributed by atoms with Gasteiger partial charge < -0.3 is 9.80 Å². The monoisotopic (exact) mass is 553 g/mol. The molecule has 208 valence electrons. The van der Waals surface area contributed by atoms with Crippen molar-refractivity contribution >= 4 is 34.7 Å². The average Bonchev–Trinajstić information content (AvgIpc) is 3.21. The highest BCUT2D eigenvalue weighted by molar-refractivity contribution is 6.10. The van der Waals surface area contributed by atoms with Crippen molar-refractivity contribution in [3.8, 4) is 0 Å². The number of fused-ring (bicyclic) bond motifs is 2. The molecule has 3 heterocycles. The van der Waals surface area contributed by atoms with Crippen LogP contribution in [0.25, 0.3) is 0 Å². The van der Waals surface area contributed by atoms with Gasteiger partial charge in [0.25, 0.3) is 5.69 Å². The van der Waals surface area contributed by atoms with Crippen LogP contribution in [0.2, 0.25) is 0 Å². The first kappa shape index (κ1) is 27.1. The Labute approximate surface area is 228 Å². The Morgan fingerprint density at radius 2 is 1.77 bits per heavy atom. The summed E-state index contributed by atoms with van der Waals surface area (Å²) in [5, 5.41) is 11.1. The number of carbonyl (C=O) groups is 2. The smallest absolute Gasteiger partial charge is 0.365 e. The van der Waals surface area contributed by atoms with Crippen molar-refractivity contribution in [2.75, 3.05) is 28.3 Å². The number of anilines is 3. The van der Waals surface area contributed by atoms with Crippen molar-refractivity contribution in [3.63, 3.8) is 0 Å². The van der Waals surface area contributed by atoms with Crippen LogP contribution in [0.1, 0.15) is 28.8 Å². The zero-order chi connectivity index (χ0) is 28.9. The Bertz CT molecular complexity index is 1510. The van der Waals surface area contributed by atoms with Gasteiger partial charge in [-0.3, -0.25) is 24.6 Å². The number of hydrogen-bond acceptors (Lipinski definition) is 6. The van der Waals surface area contributed by atoms with E-state index < -0.39 is 40.4 Å². The van der Waals surface area contributed by atoms with Gasteiger partial charge in [-0.05, 0) is 43.2 Å². The van der Waals surface area contributed by atoms with Gasteiger partial charge in [0.2, 0.25) is 11.8 Å². The van der Waals surface area contributed by atoms with Crippen molar-refractivity contribution in [3.05, 3.63) is 87.1 Å². The van der Waals surface area contributed by atoms with Crippen LogP contribution in [0.4, 0.5) is 36.1 Å². The van der Waals surface area contributed by atoms with Crippen LogP contribution in [0.15, 0.2) is 54.6 Å². The number of pyridine rings is 1. The summed E-state index contributed by atoms with van der Waals surface area (Å²) in [6, 6.07) is 12.3. The van der Waals surface area contributed by atoms with Gasteiger partial charge in [0, 0.05) is 50.3 Å². The average molecular weight is 554 g/mol. The third kappa shape index (κ3) is 4.85. The van der Waals surface area contributed by atoms with Gasteiger partial charge in [-0.2, -0.15) is 13.2 Å². The molecule has 2 aliphatic rings. The molecule has 2 amide bonds. The van der Waals surface area contributed by atoms with E-state index in [1.54, 1.807) is 31.3 Å². The molecule has 40 heavy (non-hydrogen) atoms. The first-order valence-corrected chi connectivity index (χ1v) is 12.6. The van der Waals surface area contributed by atoms with Crippen LogP contribution < -0.4 is 14.7 Å². The molecule has 9 nitrogen and oxygen atoms in total. The number of halogens is 3. The second kappa shape index (κ2) is 9.92. The van der Waals surface area contributed by atoms with Gasteiger partial charge in [-0.15, -0.1) is 0 Å². The van der Waals surface area contributed by atoms with Gasteiger partial charge in [0.1, 0.15) is 11.9 Å². The van der Waals surface area contributed by atoms with Gasteiger partial charge in [0.15, 0.2) is 0 Å². The molecule has 0 aliphatic carbocycles. The van der Waals surface area contributed by atoms with Crippen molar-refractivity contribution in [1.82, 2.24) is 4.98 Å². The number of nitrogens with zero attached hydrogens (tertiary/aromatic N) is 5. The predicted molar refractivity (Wildman–Crippen MR) is 142 cm³/mol. The van der Waals surface area contributed by atoms with Crippen LogP contribution in [-0.4, -0.2) is 41.4 Å². The minimum atomic E-state index is -4.65. The molecule has 12 heteroatoms. The van der Waals surface area contributed by atoms with Crippen molar-refractivity contribution < 1.29 is 27.7 Å². The summed E-state index contributed by atoms with van der Waals surface area (Å²) in [6.07, 6.45) is -4.70. The first-order chi connectivity index (χ1) is 18.8. The standard InChI is InChI=1S/C28H26F3N5O4/c1-16-5-4-6-22-25(16)34(14-18-7-9-21(10-8-18)36(39)40)15-19-12-24(37)35(26(19)27(38)33(22)3)23-13-20(28(29,30)31)11-17(2)32-23/h4-11,13,19,26H,12,14-15H2,1-3H3/t19-,26+/m1/s1. The molecular weight excluding hydrogens is 527 g/mol. The van der Waals surface area contributed by atoms with Crippen molar-refractivity contribution in [1.29, 1.82) is 0 Å². The fourth-order valence-corrected chi connectivity index (χ4v) is 5.59. The molecule has 3 aromatic rings. The van der Waals surface area contributed by atoms with E-state index >= 15 is 0 Å². The minimum Gasteiger partial charge on any atom is -0.365 e. The molecule has 0 unspecified atom stereocenters. The molecular formula is C28H26F3N5O4. The summed E-state index contributed by atoms with van der Waals surface area (Å²) in [5.41, 5.74) is 2.11. The van der Waals surface area contributed by atoms with E-state index in [4.69, 9.17) is 0 Å². The third-order valence-electron chi connectivity index (χ3n) is 7.40. The number of aryl methyl sites for hydroxylation is 2. The highest BCUT2D eigenvalue weighted by Gasteiger charge is 2.49. The molecule has 5 rings (SSSR count). The molecule has 2 aromatic carbocycles. The predicted octanol–water partition coefficient (Wildman–Crippen LogP) is 5.03. The number of nitro groups is 1. The Hall–Kier alpha value is -4.48. The normalized spacial score (nSPS) is 19.3. The van der Waals surface area contributed by atoms with Crippen LogP contribution in [0.5, 0.6) is 0 Å². The topological polar surface area (TPSA) is 99.9 Å².